The van der Waals surface area contributed by atoms with Crippen LogP contribution < -0.4 is 4.90 Å². The molecule has 0 spiro atoms. The van der Waals surface area contributed by atoms with Gasteiger partial charge >= 0.3 is 0 Å². The van der Waals surface area contributed by atoms with E-state index in [-0.39, 0.29) is 18.4 Å². The highest BCUT2D eigenvalue weighted by Gasteiger charge is 2.28. The SMILES string of the molecule is CCc1ccccc1N(CC(=O)N1CCCCC1CC)C(C)=O. The molecule has 4 heteroatoms. The summed E-state index contributed by atoms with van der Waals surface area (Å²) in [5.41, 5.74) is 1.96. The molecule has 1 aliphatic heterocycles. The van der Waals surface area contributed by atoms with Crippen LogP contribution in [0.3, 0.4) is 0 Å². The Bertz CT molecular complexity index is 556. The Hall–Kier alpha value is -1.84. The van der Waals surface area contributed by atoms with Crippen LogP contribution in [-0.2, 0) is 16.0 Å². The Balaban J connectivity index is 2.19. The molecule has 126 valence electrons. The Morgan fingerprint density at radius 2 is 1.96 bits per heavy atom. The van der Waals surface area contributed by atoms with Crippen molar-refractivity contribution in [2.75, 3.05) is 18.0 Å². The first-order chi connectivity index (χ1) is 11.1. The van der Waals surface area contributed by atoms with E-state index < -0.39 is 0 Å². The molecule has 0 aromatic heterocycles. The third-order valence-corrected chi connectivity index (χ3v) is 4.76. The highest BCUT2D eigenvalue weighted by molar-refractivity contribution is 5.98. The van der Waals surface area contributed by atoms with Gasteiger partial charge in [-0.05, 0) is 43.7 Å². The molecule has 0 aliphatic carbocycles. The maximum absolute atomic E-state index is 12.8. The van der Waals surface area contributed by atoms with E-state index in [0.29, 0.717) is 6.04 Å². The Kier molecular flexibility index (Phi) is 6.20. The lowest BCUT2D eigenvalue weighted by atomic mass is 10.00. The summed E-state index contributed by atoms with van der Waals surface area (Å²) in [6.07, 6.45) is 5.16. The van der Waals surface area contributed by atoms with Crippen LogP contribution in [0, 0.1) is 0 Å². The molecule has 1 aliphatic rings. The number of hydrogen-bond acceptors (Lipinski definition) is 2. The minimum atomic E-state index is -0.0793. The summed E-state index contributed by atoms with van der Waals surface area (Å²) in [5.74, 6) is -0.0121. The Morgan fingerprint density at radius 3 is 2.61 bits per heavy atom. The number of amides is 2. The molecule has 1 fully saturated rings. The van der Waals surface area contributed by atoms with Crippen LogP contribution in [0.15, 0.2) is 24.3 Å². The summed E-state index contributed by atoms with van der Waals surface area (Å²) in [5, 5.41) is 0. The average molecular weight is 316 g/mol. The van der Waals surface area contributed by atoms with Gasteiger partial charge in [0, 0.05) is 25.2 Å². The Labute approximate surface area is 139 Å². The molecule has 1 aromatic carbocycles. The largest absolute Gasteiger partial charge is 0.338 e. The third-order valence-electron chi connectivity index (χ3n) is 4.76. The first-order valence-electron chi connectivity index (χ1n) is 8.73. The van der Waals surface area contributed by atoms with Gasteiger partial charge in [-0.15, -0.1) is 0 Å². The zero-order chi connectivity index (χ0) is 16.8. The van der Waals surface area contributed by atoms with Gasteiger partial charge in [0.15, 0.2) is 0 Å². The smallest absolute Gasteiger partial charge is 0.242 e. The number of para-hydroxylation sites is 1. The van der Waals surface area contributed by atoms with Gasteiger partial charge in [0.2, 0.25) is 11.8 Å². The summed E-state index contributed by atoms with van der Waals surface area (Å²) < 4.78 is 0. The van der Waals surface area contributed by atoms with Crippen molar-refractivity contribution in [1.82, 2.24) is 4.90 Å². The van der Waals surface area contributed by atoms with Crippen LogP contribution in [0.5, 0.6) is 0 Å². The lowest BCUT2D eigenvalue weighted by Gasteiger charge is -2.36. The second kappa shape index (κ2) is 8.14. The van der Waals surface area contributed by atoms with Gasteiger partial charge in [-0.3, -0.25) is 9.59 Å². The number of hydrogen-bond donors (Lipinski definition) is 0. The minimum Gasteiger partial charge on any atom is -0.338 e. The number of carbonyl (C=O) groups excluding carboxylic acids is 2. The van der Waals surface area contributed by atoms with Crippen LogP contribution in [0.25, 0.3) is 0 Å². The highest BCUT2D eigenvalue weighted by Crippen LogP contribution is 2.23. The van der Waals surface area contributed by atoms with E-state index in [1.807, 2.05) is 29.2 Å². The van der Waals surface area contributed by atoms with Crippen LogP contribution in [0.2, 0.25) is 0 Å². The lowest BCUT2D eigenvalue weighted by Crippen LogP contribution is -2.48. The van der Waals surface area contributed by atoms with Crippen molar-refractivity contribution in [3.05, 3.63) is 29.8 Å². The fourth-order valence-corrected chi connectivity index (χ4v) is 3.42. The molecule has 1 aromatic rings. The zero-order valence-electron chi connectivity index (χ0n) is 14.5. The van der Waals surface area contributed by atoms with Crippen LogP contribution >= 0.6 is 0 Å². The van der Waals surface area contributed by atoms with E-state index in [1.54, 1.807) is 4.90 Å². The molecular formula is C19H28N2O2. The third kappa shape index (κ3) is 4.12. The fourth-order valence-electron chi connectivity index (χ4n) is 3.42. The molecule has 2 rings (SSSR count). The number of nitrogens with zero attached hydrogens (tertiary/aromatic N) is 2. The molecule has 0 saturated carbocycles. The van der Waals surface area contributed by atoms with Gasteiger partial charge in [-0.2, -0.15) is 0 Å². The van der Waals surface area contributed by atoms with E-state index >= 15 is 0 Å². The van der Waals surface area contributed by atoms with E-state index in [4.69, 9.17) is 0 Å². The van der Waals surface area contributed by atoms with Crippen molar-refractivity contribution in [3.63, 3.8) is 0 Å². The molecule has 0 bridgehead atoms. The van der Waals surface area contributed by atoms with E-state index in [2.05, 4.69) is 13.8 Å². The van der Waals surface area contributed by atoms with Gasteiger partial charge in [0.25, 0.3) is 0 Å². The minimum absolute atomic E-state index is 0.0673. The fraction of sp³-hybridized carbons (Fsp3) is 0.579. The highest BCUT2D eigenvalue weighted by atomic mass is 16.2. The van der Waals surface area contributed by atoms with E-state index in [1.165, 1.54) is 13.3 Å². The molecule has 1 atom stereocenters. The van der Waals surface area contributed by atoms with Crippen molar-refractivity contribution in [2.45, 2.75) is 58.9 Å². The van der Waals surface area contributed by atoms with Gasteiger partial charge in [0.1, 0.15) is 6.54 Å². The van der Waals surface area contributed by atoms with Crippen LogP contribution in [0.1, 0.15) is 52.0 Å². The van der Waals surface area contributed by atoms with Crippen molar-refractivity contribution in [3.8, 4) is 0 Å². The second-order valence-electron chi connectivity index (χ2n) is 6.23. The van der Waals surface area contributed by atoms with Gasteiger partial charge in [-0.25, -0.2) is 0 Å². The zero-order valence-corrected chi connectivity index (χ0v) is 14.5. The summed E-state index contributed by atoms with van der Waals surface area (Å²) in [6.45, 7) is 6.69. The Morgan fingerprint density at radius 1 is 1.22 bits per heavy atom. The summed E-state index contributed by atoms with van der Waals surface area (Å²) in [4.78, 5) is 28.5. The number of piperidine rings is 1. The number of carbonyl (C=O) groups is 2. The number of aryl methyl sites for hydroxylation is 1. The molecule has 4 nitrogen and oxygen atoms in total. The molecule has 0 N–H and O–H groups in total. The average Bonchev–Trinajstić information content (AvgIpc) is 2.59. The predicted octanol–water partition coefficient (Wildman–Crippen LogP) is 3.39. The quantitative estimate of drug-likeness (QED) is 0.835. The van der Waals surface area contributed by atoms with Crippen molar-refractivity contribution >= 4 is 17.5 Å². The van der Waals surface area contributed by atoms with Crippen molar-refractivity contribution in [1.29, 1.82) is 0 Å². The molecule has 1 unspecified atom stereocenters. The summed E-state index contributed by atoms with van der Waals surface area (Å²) >= 11 is 0. The molecule has 1 heterocycles. The van der Waals surface area contributed by atoms with Crippen molar-refractivity contribution in [2.24, 2.45) is 0 Å². The second-order valence-corrected chi connectivity index (χ2v) is 6.23. The standard InChI is InChI=1S/C19H28N2O2/c1-4-16-10-6-7-12-18(16)21(15(3)22)14-19(23)20-13-9-8-11-17(20)5-2/h6-7,10,12,17H,4-5,8-9,11,13-14H2,1-3H3. The number of benzene rings is 1. The molecule has 0 radical (unpaired) electrons. The lowest BCUT2D eigenvalue weighted by molar-refractivity contribution is -0.134. The maximum Gasteiger partial charge on any atom is 0.242 e. The van der Waals surface area contributed by atoms with Crippen LogP contribution in [-0.4, -0.2) is 35.8 Å². The van der Waals surface area contributed by atoms with E-state index in [9.17, 15) is 9.59 Å². The van der Waals surface area contributed by atoms with Crippen molar-refractivity contribution < 1.29 is 9.59 Å². The number of likely N-dealkylation sites (tertiary alicyclic amines) is 1. The predicted molar refractivity (Wildman–Crippen MR) is 93.5 cm³/mol. The molecular weight excluding hydrogens is 288 g/mol. The monoisotopic (exact) mass is 316 g/mol. The van der Waals surface area contributed by atoms with E-state index in [0.717, 1.165) is 43.5 Å². The molecule has 2 amide bonds. The van der Waals surface area contributed by atoms with Crippen LogP contribution in [0.4, 0.5) is 5.69 Å². The normalized spacial score (nSPS) is 17.9. The van der Waals surface area contributed by atoms with Gasteiger partial charge < -0.3 is 9.80 Å². The molecule has 23 heavy (non-hydrogen) atoms. The summed E-state index contributed by atoms with van der Waals surface area (Å²) in [7, 11) is 0. The topological polar surface area (TPSA) is 40.6 Å². The first kappa shape index (κ1) is 17.5. The maximum atomic E-state index is 12.8. The number of anilines is 1. The summed E-state index contributed by atoms with van der Waals surface area (Å²) in [6, 6.07) is 8.17. The molecule has 1 saturated heterocycles. The first-order valence-corrected chi connectivity index (χ1v) is 8.73. The number of rotatable bonds is 5. The van der Waals surface area contributed by atoms with Gasteiger partial charge in [0.05, 0.1) is 0 Å². The van der Waals surface area contributed by atoms with Gasteiger partial charge in [-0.1, -0.05) is 32.0 Å².